The Hall–Kier alpha value is -1.83. The first-order chi connectivity index (χ1) is 6.19. The van der Waals surface area contributed by atoms with E-state index in [1.165, 1.54) is 0 Å². The van der Waals surface area contributed by atoms with Gasteiger partial charge in [0, 0.05) is 11.8 Å². The van der Waals surface area contributed by atoms with Crippen molar-refractivity contribution in [3.8, 4) is 6.07 Å². The van der Waals surface area contributed by atoms with E-state index < -0.39 is 12.0 Å². The Labute approximate surface area is 72.6 Å². The molecule has 0 saturated carbocycles. The van der Waals surface area contributed by atoms with Gasteiger partial charge in [0.1, 0.15) is 11.8 Å². The van der Waals surface area contributed by atoms with Crippen LogP contribution < -0.4 is 0 Å². The predicted octanol–water partition coefficient (Wildman–Crippen LogP) is 1.70. The molecule has 3 nitrogen and oxygen atoms in total. The molecule has 0 fully saturated rings. The highest BCUT2D eigenvalue weighted by molar-refractivity contribution is 5.74. The Kier molecular flexibility index (Phi) is 2.65. The van der Waals surface area contributed by atoms with Gasteiger partial charge in [0.05, 0.1) is 5.56 Å². The Balaban J connectivity index is 3.27. The number of aromatic nitrogens is 1. The molecule has 1 rings (SSSR count). The smallest absolute Gasteiger partial charge is 0.266 e. The molecule has 0 N–H and O–H groups in total. The van der Waals surface area contributed by atoms with Gasteiger partial charge in [-0.05, 0) is 6.07 Å². The van der Waals surface area contributed by atoms with E-state index in [0.717, 1.165) is 12.3 Å². The Morgan fingerprint density at radius 3 is 2.77 bits per heavy atom. The first-order valence-corrected chi connectivity index (χ1v) is 3.32. The van der Waals surface area contributed by atoms with Crippen molar-refractivity contribution in [3.63, 3.8) is 0 Å². The monoisotopic (exact) mass is 182 g/mol. The van der Waals surface area contributed by atoms with E-state index in [4.69, 9.17) is 5.26 Å². The number of hydrogen-bond donors (Lipinski definition) is 0. The molecule has 1 heterocycles. The van der Waals surface area contributed by atoms with Crippen molar-refractivity contribution >= 4 is 6.29 Å². The molecule has 0 amide bonds. The lowest BCUT2D eigenvalue weighted by molar-refractivity contribution is 0.110. The molecule has 0 aliphatic rings. The highest BCUT2D eigenvalue weighted by atomic mass is 19.3. The summed E-state index contributed by atoms with van der Waals surface area (Å²) >= 11 is 0. The van der Waals surface area contributed by atoms with Crippen LogP contribution in [-0.4, -0.2) is 11.3 Å². The molecule has 0 aliphatic heterocycles. The number of hydrogen-bond acceptors (Lipinski definition) is 3. The fourth-order valence-corrected chi connectivity index (χ4v) is 0.827. The highest BCUT2D eigenvalue weighted by Gasteiger charge is 2.14. The molecule has 0 bridgehead atoms. The summed E-state index contributed by atoms with van der Waals surface area (Å²) in [4.78, 5) is 13.7. The second-order valence-corrected chi connectivity index (χ2v) is 2.23. The van der Waals surface area contributed by atoms with Crippen LogP contribution in [0, 0.1) is 11.3 Å². The molecule has 66 valence electrons. The fourth-order valence-electron chi connectivity index (χ4n) is 0.827. The maximum atomic E-state index is 12.2. The summed E-state index contributed by atoms with van der Waals surface area (Å²) in [6, 6.07) is 2.62. The van der Waals surface area contributed by atoms with Gasteiger partial charge in [-0.25, -0.2) is 8.78 Å². The van der Waals surface area contributed by atoms with E-state index in [0.29, 0.717) is 0 Å². The van der Waals surface area contributed by atoms with Crippen molar-refractivity contribution in [2.75, 3.05) is 0 Å². The molecule has 1 aromatic rings. The van der Waals surface area contributed by atoms with Crippen LogP contribution in [0.5, 0.6) is 0 Å². The van der Waals surface area contributed by atoms with Crippen molar-refractivity contribution < 1.29 is 13.6 Å². The number of halogens is 2. The summed E-state index contributed by atoms with van der Waals surface area (Å²) in [6.45, 7) is 0. The zero-order valence-electron chi connectivity index (χ0n) is 6.37. The molecule has 0 aromatic carbocycles. The predicted molar refractivity (Wildman–Crippen MR) is 39.3 cm³/mol. The van der Waals surface area contributed by atoms with Gasteiger partial charge in [-0.3, -0.25) is 9.78 Å². The molecule has 5 heteroatoms. The molecule has 0 spiro atoms. The van der Waals surface area contributed by atoms with Crippen LogP contribution in [0.1, 0.15) is 28.0 Å². The molecule has 1 aromatic heterocycles. The summed E-state index contributed by atoms with van der Waals surface area (Å²) < 4.78 is 24.4. The van der Waals surface area contributed by atoms with Gasteiger partial charge >= 0.3 is 0 Å². The van der Waals surface area contributed by atoms with E-state index in [1.54, 1.807) is 6.07 Å². The number of aldehydes is 1. The minimum atomic E-state index is -2.79. The number of nitrogens with zero attached hydrogens (tertiary/aromatic N) is 2. The summed E-state index contributed by atoms with van der Waals surface area (Å²) in [5, 5.41) is 8.38. The van der Waals surface area contributed by atoms with Gasteiger partial charge in [-0.2, -0.15) is 5.26 Å². The van der Waals surface area contributed by atoms with Crippen LogP contribution in [0.15, 0.2) is 12.3 Å². The first kappa shape index (κ1) is 9.26. The Morgan fingerprint density at radius 2 is 2.31 bits per heavy atom. The number of rotatable bonds is 2. The quantitative estimate of drug-likeness (QED) is 0.654. The van der Waals surface area contributed by atoms with Crippen LogP contribution >= 0.6 is 0 Å². The zero-order chi connectivity index (χ0) is 9.84. The fraction of sp³-hybridized carbons (Fsp3) is 0.125. The van der Waals surface area contributed by atoms with Crippen molar-refractivity contribution in [1.82, 2.24) is 4.98 Å². The van der Waals surface area contributed by atoms with Crippen molar-refractivity contribution in [3.05, 3.63) is 29.1 Å². The Morgan fingerprint density at radius 1 is 1.62 bits per heavy atom. The van der Waals surface area contributed by atoms with Crippen molar-refractivity contribution in [1.29, 1.82) is 5.26 Å². The molecule has 13 heavy (non-hydrogen) atoms. The lowest BCUT2D eigenvalue weighted by Gasteiger charge is -2.01. The van der Waals surface area contributed by atoms with Gasteiger partial charge in [-0.15, -0.1) is 0 Å². The van der Waals surface area contributed by atoms with E-state index in [9.17, 15) is 13.6 Å². The lowest BCUT2D eigenvalue weighted by Crippen LogP contribution is -1.97. The van der Waals surface area contributed by atoms with Crippen molar-refractivity contribution in [2.45, 2.75) is 6.43 Å². The number of nitriles is 1. The van der Waals surface area contributed by atoms with E-state index >= 15 is 0 Å². The van der Waals surface area contributed by atoms with Crippen LogP contribution in [0.4, 0.5) is 8.78 Å². The molecule has 0 aliphatic carbocycles. The third-order valence-electron chi connectivity index (χ3n) is 1.43. The second kappa shape index (κ2) is 3.72. The maximum Gasteiger partial charge on any atom is 0.266 e. The van der Waals surface area contributed by atoms with E-state index in [2.05, 4.69) is 4.98 Å². The minimum absolute atomic E-state index is 0.0147. The van der Waals surface area contributed by atoms with Gasteiger partial charge in [-0.1, -0.05) is 0 Å². The highest BCUT2D eigenvalue weighted by Crippen LogP contribution is 2.21. The second-order valence-electron chi connectivity index (χ2n) is 2.23. The summed E-state index contributed by atoms with van der Waals surface area (Å²) in [5.41, 5.74) is -0.816. The average molecular weight is 182 g/mol. The van der Waals surface area contributed by atoms with Crippen molar-refractivity contribution in [2.24, 2.45) is 0 Å². The topological polar surface area (TPSA) is 53.8 Å². The summed E-state index contributed by atoms with van der Waals surface area (Å²) in [6.07, 6.45) is -1.47. The van der Waals surface area contributed by atoms with E-state index in [1.807, 2.05) is 0 Å². The van der Waals surface area contributed by atoms with Gasteiger partial charge in [0.2, 0.25) is 0 Å². The molecule has 0 saturated heterocycles. The largest absolute Gasteiger partial charge is 0.296 e. The number of alkyl halides is 2. The van der Waals surface area contributed by atoms with E-state index in [-0.39, 0.29) is 17.5 Å². The minimum Gasteiger partial charge on any atom is -0.296 e. The molecular formula is C8H4F2N2O. The number of carbonyl (C=O) groups is 1. The third-order valence-corrected chi connectivity index (χ3v) is 1.43. The SMILES string of the molecule is N#Cc1cnc(C=O)c(C(F)F)c1. The molecular weight excluding hydrogens is 178 g/mol. The molecule has 0 radical (unpaired) electrons. The van der Waals surface area contributed by atoms with Crippen LogP contribution in [-0.2, 0) is 0 Å². The summed E-state index contributed by atoms with van der Waals surface area (Å²) in [7, 11) is 0. The Bertz CT molecular complexity index is 371. The standard InChI is InChI=1S/C8H4F2N2O/c9-8(10)6-1-5(2-11)3-12-7(6)4-13/h1,3-4,8H. The summed E-state index contributed by atoms with van der Waals surface area (Å²) in [5.74, 6) is 0. The third kappa shape index (κ3) is 1.85. The van der Waals surface area contributed by atoms with Gasteiger partial charge in [0.25, 0.3) is 6.43 Å². The van der Waals surface area contributed by atoms with Gasteiger partial charge < -0.3 is 0 Å². The normalized spacial score (nSPS) is 9.69. The molecule has 0 unspecified atom stereocenters. The number of carbonyl (C=O) groups excluding carboxylic acids is 1. The molecule has 0 atom stereocenters. The van der Waals surface area contributed by atoms with Crippen LogP contribution in [0.25, 0.3) is 0 Å². The van der Waals surface area contributed by atoms with Crippen LogP contribution in [0.2, 0.25) is 0 Å². The first-order valence-electron chi connectivity index (χ1n) is 3.32. The maximum absolute atomic E-state index is 12.2. The average Bonchev–Trinajstić information content (AvgIpc) is 2.16. The van der Waals surface area contributed by atoms with Crippen LogP contribution in [0.3, 0.4) is 0 Å². The lowest BCUT2D eigenvalue weighted by atomic mass is 10.1. The zero-order valence-corrected chi connectivity index (χ0v) is 6.37. The number of pyridine rings is 1. The van der Waals surface area contributed by atoms with Gasteiger partial charge in [0.15, 0.2) is 6.29 Å².